The van der Waals surface area contributed by atoms with Crippen molar-refractivity contribution in [1.29, 1.82) is 0 Å². The number of benzene rings is 3. The van der Waals surface area contributed by atoms with Gasteiger partial charge in [0.15, 0.2) is 0 Å². The van der Waals surface area contributed by atoms with E-state index < -0.39 is 6.36 Å². The molecule has 0 aliphatic carbocycles. The first kappa shape index (κ1) is 18.1. The number of hydrogen-bond acceptors (Lipinski definition) is 1. The van der Waals surface area contributed by atoms with Crippen LogP contribution in [0.5, 0.6) is 5.75 Å². The van der Waals surface area contributed by atoms with Crippen molar-refractivity contribution in [2.75, 3.05) is 0 Å². The second kappa shape index (κ2) is 8.09. The molecular formula is C22H19F3O. The van der Waals surface area contributed by atoms with Gasteiger partial charge in [-0.15, -0.1) is 13.2 Å². The fourth-order valence-electron chi connectivity index (χ4n) is 3.10. The molecule has 0 aliphatic heterocycles. The molecule has 1 atom stereocenters. The summed E-state index contributed by atoms with van der Waals surface area (Å²) in [5.74, 6) is -0.191. The van der Waals surface area contributed by atoms with Gasteiger partial charge in [-0.25, -0.2) is 0 Å². The molecular weight excluding hydrogens is 337 g/mol. The number of hydrogen-bond donors (Lipinski definition) is 0. The number of rotatable bonds is 6. The van der Waals surface area contributed by atoms with Crippen LogP contribution in [0, 0.1) is 0 Å². The molecule has 0 saturated heterocycles. The van der Waals surface area contributed by atoms with E-state index >= 15 is 0 Å². The van der Waals surface area contributed by atoms with E-state index in [1.54, 1.807) is 6.07 Å². The molecule has 3 aromatic carbocycles. The first-order valence-corrected chi connectivity index (χ1v) is 8.46. The van der Waals surface area contributed by atoms with Crippen LogP contribution in [0.15, 0.2) is 84.9 Å². The molecule has 134 valence electrons. The number of aryl methyl sites for hydroxylation is 1. The van der Waals surface area contributed by atoms with Crippen LogP contribution in [0.4, 0.5) is 13.2 Å². The predicted octanol–water partition coefficient (Wildman–Crippen LogP) is 6.35. The van der Waals surface area contributed by atoms with Crippen molar-refractivity contribution in [1.82, 2.24) is 0 Å². The lowest BCUT2D eigenvalue weighted by Crippen LogP contribution is -2.17. The molecule has 3 aromatic rings. The number of ether oxygens (including phenoxy) is 1. The molecule has 0 spiro atoms. The monoisotopic (exact) mass is 356 g/mol. The fraction of sp³-hybridized carbons (Fsp3) is 0.182. The Kier molecular flexibility index (Phi) is 5.61. The number of halogens is 3. The SMILES string of the molecule is FC(F)(F)Oc1cccc(C(CCc2ccccc2)c2ccccc2)c1. The molecule has 1 unspecified atom stereocenters. The molecule has 0 aliphatic rings. The van der Waals surface area contributed by atoms with Gasteiger partial charge in [0.1, 0.15) is 5.75 Å². The maximum atomic E-state index is 12.5. The Labute approximate surface area is 151 Å². The molecule has 0 heterocycles. The van der Waals surface area contributed by atoms with Gasteiger partial charge in [-0.3, -0.25) is 0 Å². The first-order chi connectivity index (χ1) is 12.5. The van der Waals surface area contributed by atoms with E-state index in [1.807, 2.05) is 54.6 Å². The highest BCUT2D eigenvalue weighted by Crippen LogP contribution is 2.32. The minimum Gasteiger partial charge on any atom is -0.406 e. The summed E-state index contributed by atoms with van der Waals surface area (Å²) in [4.78, 5) is 0. The largest absolute Gasteiger partial charge is 0.573 e. The van der Waals surface area contributed by atoms with Gasteiger partial charge in [0.2, 0.25) is 0 Å². The second-order valence-electron chi connectivity index (χ2n) is 6.11. The van der Waals surface area contributed by atoms with Crippen molar-refractivity contribution < 1.29 is 17.9 Å². The lowest BCUT2D eigenvalue weighted by atomic mass is 9.86. The average Bonchev–Trinajstić information content (AvgIpc) is 2.63. The van der Waals surface area contributed by atoms with E-state index in [-0.39, 0.29) is 11.7 Å². The summed E-state index contributed by atoms with van der Waals surface area (Å²) in [5, 5.41) is 0. The van der Waals surface area contributed by atoms with Crippen molar-refractivity contribution in [3.63, 3.8) is 0 Å². The van der Waals surface area contributed by atoms with Crippen LogP contribution in [0.25, 0.3) is 0 Å². The van der Waals surface area contributed by atoms with Crippen LogP contribution in [-0.2, 0) is 6.42 Å². The van der Waals surface area contributed by atoms with E-state index in [9.17, 15) is 13.2 Å². The highest BCUT2D eigenvalue weighted by molar-refractivity contribution is 5.37. The first-order valence-electron chi connectivity index (χ1n) is 8.46. The molecule has 26 heavy (non-hydrogen) atoms. The van der Waals surface area contributed by atoms with Gasteiger partial charge < -0.3 is 4.74 Å². The molecule has 1 nitrogen and oxygen atoms in total. The zero-order valence-electron chi connectivity index (χ0n) is 14.1. The molecule has 4 heteroatoms. The van der Waals surface area contributed by atoms with Crippen LogP contribution in [0.1, 0.15) is 29.0 Å². The van der Waals surface area contributed by atoms with E-state index in [0.29, 0.717) is 0 Å². The third-order valence-corrected chi connectivity index (χ3v) is 4.26. The Morgan fingerprint density at radius 2 is 1.35 bits per heavy atom. The second-order valence-corrected chi connectivity index (χ2v) is 6.11. The Bertz CT molecular complexity index is 814. The molecule has 3 rings (SSSR count). The standard InChI is InChI=1S/C22H19F3O/c23-22(24,25)26-20-13-7-12-19(16-20)21(18-10-5-2-6-11-18)15-14-17-8-3-1-4-9-17/h1-13,16,21H,14-15H2. The van der Waals surface area contributed by atoms with Gasteiger partial charge in [0, 0.05) is 5.92 Å². The van der Waals surface area contributed by atoms with Crippen molar-refractivity contribution in [3.05, 3.63) is 102 Å². The van der Waals surface area contributed by atoms with E-state index in [1.165, 1.54) is 17.7 Å². The van der Waals surface area contributed by atoms with Crippen LogP contribution >= 0.6 is 0 Å². The van der Waals surface area contributed by atoms with Gasteiger partial charge in [-0.2, -0.15) is 0 Å². The van der Waals surface area contributed by atoms with Crippen molar-refractivity contribution in [3.8, 4) is 5.75 Å². The van der Waals surface area contributed by atoms with Gasteiger partial charge in [-0.05, 0) is 41.7 Å². The smallest absolute Gasteiger partial charge is 0.406 e. The van der Waals surface area contributed by atoms with Gasteiger partial charge in [-0.1, -0.05) is 72.8 Å². The summed E-state index contributed by atoms with van der Waals surface area (Å²) in [5.41, 5.74) is 3.09. The number of alkyl halides is 3. The van der Waals surface area contributed by atoms with Crippen LogP contribution in [0.3, 0.4) is 0 Å². The Balaban J connectivity index is 1.87. The lowest BCUT2D eigenvalue weighted by molar-refractivity contribution is -0.274. The summed E-state index contributed by atoms with van der Waals surface area (Å²) in [6.45, 7) is 0. The molecule has 0 N–H and O–H groups in total. The van der Waals surface area contributed by atoms with Crippen LogP contribution in [0.2, 0.25) is 0 Å². The van der Waals surface area contributed by atoms with Crippen LogP contribution in [-0.4, -0.2) is 6.36 Å². The van der Waals surface area contributed by atoms with Gasteiger partial charge >= 0.3 is 6.36 Å². The maximum Gasteiger partial charge on any atom is 0.573 e. The summed E-state index contributed by atoms with van der Waals surface area (Å²) in [6.07, 6.45) is -3.06. The third-order valence-electron chi connectivity index (χ3n) is 4.26. The van der Waals surface area contributed by atoms with Crippen LogP contribution < -0.4 is 4.74 Å². The Morgan fingerprint density at radius 1 is 0.731 bits per heavy atom. The van der Waals surface area contributed by atoms with Gasteiger partial charge in [0.25, 0.3) is 0 Å². The summed E-state index contributed by atoms with van der Waals surface area (Å²) in [6, 6.07) is 26.2. The lowest BCUT2D eigenvalue weighted by Gasteiger charge is -2.19. The zero-order chi connectivity index (χ0) is 18.4. The Morgan fingerprint density at radius 3 is 2.00 bits per heavy atom. The molecule has 0 amide bonds. The highest BCUT2D eigenvalue weighted by atomic mass is 19.4. The zero-order valence-corrected chi connectivity index (χ0v) is 14.1. The average molecular weight is 356 g/mol. The topological polar surface area (TPSA) is 9.23 Å². The van der Waals surface area contributed by atoms with Crippen molar-refractivity contribution in [2.45, 2.75) is 25.1 Å². The Hall–Kier alpha value is -2.75. The van der Waals surface area contributed by atoms with Crippen molar-refractivity contribution >= 4 is 0 Å². The third kappa shape index (κ3) is 5.12. The summed E-state index contributed by atoms with van der Waals surface area (Å²) >= 11 is 0. The van der Waals surface area contributed by atoms with Gasteiger partial charge in [0.05, 0.1) is 0 Å². The summed E-state index contributed by atoms with van der Waals surface area (Å²) in [7, 11) is 0. The van der Waals surface area contributed by atoms with Crippen molar-refractivity contribution in [2.24, 2.45) is 0 Å². The molecule has 0 saturated carbocycles. The predicted molar refractivity (Wildman–Crippen MR) is 96.2 cm³/mol. The quantitative estimate of drug-likeness (QED) is 0.500. The molecule has 0 radical (unpaired) electrons. The van der Waals surface area contributed by atoms with E-state index in [0.717, 1.165) is 24.0 Å². The van der Waals surface area contributed by atoms with E-state index in [4.69, 9.17) is 0 Å². The fourth-order valence-corrected chi connectivity index (χ4v) is 3.10. The maximum absolute atomic E-state index is 12.5. The highest BCUT2D eigenvalue weighted by Gasteiger charge is 2.31. The summed E-state index contributed by atoms with van der Waals surface area (Å²) < 4.78 is 41.7. The normalized spacial score (nSPS) is 12.6. The minimum atomic E-state index is -4.69. The molecule has 0 fully saturated rings. The molecule has 0 aromatic heterocycles. The minimum absolute atomic E-state index is 0.00631. The van der Waals surface area contributed by atoms with E-state index in [2.05, 4.69) is 16.9 Å². The molecule has 0 bridgehead atoms.